The van der Waals surface area contributed by atoms with Crippen molar-refractivity contribution in [1.29, 1.82) is 0 Å². The van der Waals surface area contributed by atoms with Crippen molar-refractivity contribution in [2.24, 2.45) is 17.8 Å². The topological polar surface area (TPSA) is 75.7 Å². The summed E-state index contributed by atoms with van der Waals surface area (Å²) in [5, 5.41) is 2.79. The molecule has 1 heterocycles. The average molecular weight is 336 g/mol. The predicted molar refractivity (Wildman–Crippen MR) is 87.9 cm³/mol. The van der Waals surface area contributed by atoms with Gasteiger partial charge in [-0.05, 0) is 31.1 Å². The van der Waals surface area contributed by atoms with Gasteiger partial charge in [0, 0.05) is 25.0 Å². The number of carbonyl (C=O) groups is 3. The van der Waals surface area contributed by atoms with Crippen molar-refractivity contribution in [1.82, 2.24) is 10.2 Å². The highest BCUT2D eigenvalue weighted by Crippen LogP contribution is 2.35. The molecule has 1 N–H and O–H groups in total. The van der Waals surface area contributed by atoms with Gasteiger partial charge in [0.25, 0.3) is 5.91 Å². The minimum Gasteiger partial charge on any atom is -0.455 e. The van der Waals surface area contributed by atoms with Gasteiger partial charge in [0.2, 0.25) is 5.91 Å². The molecule has 2 saturated carbocycles. The second-order valence-electron chi connectivity index (χ2n) is 7.73. The number of hydrogen-bond donors (Lipinski definition) is 1. The quantitative estimate of drug-likeness (QED) is 0.772. The van der Waals surface area contributed by atoms with Gasteiger partial charge >= 0.3 is 5.97 Å². The van der Waals surface area contributed by atoms with E-state index in [2.05, 4.69) is 19.2 Å². The van der Waals surface area contributed by atoms with Crippen LogP contribution in [-0.4, -0.2) is 47.9 Å². The van der Waals surface area contributed by atoms with Crippen LogP contribution in [0.3, 0.4) is 0 Å². The highest BCUT2D eigenvalue weighted by Gasteiger charge is 2.42. The van der Waals surface area contributed by atoms with Crippen LogP contribution in [0, 0.1) is 17.8 Å². The molecule has 1 aliphatic heterocycles. The van der Waals surface area contributed by atoms with E-state index < -0.39 is 11.9 Å². The third-order valence-corrected chi connectivity index (χ3v) is 5.84. The monoisotopic (exact) mass is 336 g/mol. The Morgan fingerprint density at radius 2 is 1.96 bits per heavy atom. The summed E-state index contributed by atoms with van der Waals surface area (Å²) < 4.78 is 5.12. The first kappa shape index (κ1) is 17.2. The molecule has 3 aliphatic rings. The molecule has 3 rings (SSSR count). The molecule has 134 valence electrons. The molecule has 4 atom stereocenters. The molecule has 24 heavy (non-hydrogen) atoms. The molecule has 0 unspecified atom stereocenters. The largest absolute Gasteiger partial charge is 0.455 e. The smallest absolute Gasteiger partial charge is 0.311 e. The molecule has 0 aromatic rings. The molecule has 0 aromatic carbocycles. The van der Waals surface area contributed by atoms with Gasteiger partial charge in [-0.3, -0.25) is 14.4 Å². The maximum Gasteiger partial charge on any atom is 0.311 e. The van der Waals surface area contributed by atoms with Crippen molar-refractivity contribution >= 4 is 17.8 Å². The fourth-order valence-corrected chi connectivity index (χ4v) is 3.96. The highest BCUT2D eigenvalue weighted by molar-refractivity contribution is 5.88. The molecule has 0 radical (unpaired) electrons. The van der Waals surface area contributed by atoms with E-state index in [0.29, 0.717) is 18.4 Å². The molecule has 1 saturated heterocycles. The number of hydrogen-bond acceptors (Lipinski definition) is 4. The lowest BCUT2D eigenvalue weighted by molar-refractivity contribution is -0.152. The van der Waals surface area contributed by atoms with Crippen LogP contribution in [0.1, 0.15) is 52.4 Å². The van der Waals surface area contributed by atoms with Gasteiger partial charge in [-0.25, -0.2) is 0 Å². The van der Waals surface area contributed by atoms with E-state index >= 15 is 0 Å². The molecule has 0 bridgehead atoms. The lowest BCUT2D eigenvalue weighted by atomic mass is 9.77. The van der Waals surface area contributed by atoms with Gasteiger partial charge in [-0.1, -0.05) is 26.7 Å². The van der Waals surface area contributed by atoms with Crippen LogP contribution in [0.25, 0.3) is 0 Å². The van der Waals surface area contributed by atoms with Gasteiger partial charge in [0.1, 0.15) is 0 Å². The first-order valence-corrected chi connectivity index (χ1v) is 9.21. The van der Waals surface area contributed by atoms with Crippen molar-refractivity contribution in [3.63, 3.8) is 0 Å². The van der Waals surface area contributed by atoms with Crippen LogP contribution in [0.2, 0.25) is 0 Å². The summed E-state index contributed by atoms with van der Waals surface area (Å²) in [6.45, 7) is 4.64. The van der Waals surface area contributed by atoms with Crippen molar-refractivity contribution in [2.75, 3.05) is 13.2 Å². The molecular weight excluding hydrogens is 308 g/mol. The molecule has 6 nitrogen and oxygen atoms in total. The second-order valence-corrected chi connectivity index (χ2v) is 7.73. The second kappa shape index (κ2) is 7.11. The van der Waals surface area contributed by atoms with E-state index in [4.69, 9.17) is 4.74 Å². The van der Waals surface area contributed by atoms with Crippen molar-refractivity contribution in [3.8, 4) is 0 Å². The first-order valence-electron chi connectivity index (χ1n) is 9.21. The fraction of sp³-hybridized carbons (Fsp3) is 0.833. The Bertz CT molecular complexity index is 517. The third-order valence-electron chi connectivity index (χ3n) is 5.84. The maximum atomic E-state index is 12.4. The van der Waals surface area contributed by atoms with Crippen LogP contribution in [0.4, 0.5) is 0 Å². The average Bonchev–Trinajstić information content (AvgIpc) is 3.27. The van der Waals surface area contributed by atoms with Crippen molar-refractivity contribution < 1.29 is 19.1 Å². The Hall–Kier alpha value is -1.59. The summed E-state index contributed by atoms with van der Waals surface area (Å²) in [4.78, 5) is 38.0. The molecule has 2 amide bonds. The molecule has 6 heteroatoms. The van der Waals surface area contributed by atoms with Gasteiger partial charge < -0.3 is 15.0 Å². The van der Waals surface area contributed by atoms with Crippen LogP contribution < -0.4 is 5.32 Å². The predicted octanol–water partition coefficient (Wildman–Crippen LogP) is 1.48. The molecule has 0 spiro atoms. The van der Waals surface area contributed by atoms with Crippen LogP contribution in [0.15, 0.2) is 0 Å². The zero-order chi connectivity index (χ0) is 17.3. The van der Waals surface area contributed by atoms with Gasteiger partial charge in [0.05, 0.1) is 5.92 Å². The Kier molecular flexibility index (Phi) is 5.11. The Balaban J connectivity index is 1.49. The minimum atomic E-state index is -0.435. The summed E-state index contributed by atoms with van der Waals surface area (Å²) in [5.74, 6) is 0.00603. The number of ether oxygens (including phenoxy) is 1. The molecule has 0 aromatic heterocycles. The van der Waals surface area contributed by atoms with E-state index in [9.17, 15) is 14.4 Å². The van der Waals surface area contributed by atoms with Crippen molar-refractivity contribution in [3.05, 3.63) is 0 Å². The van der Waals surface area contributed by atoms with E-state index in [1.165, 1.54) is 6.42 Å². The fourth-order valence-electron chi connectivity index (χ4n) is 3.96. The zero-order valence-corrected chi connectivity index (χ0v) is 14.6. The Morgan fingerprint density at radius 1 is 1.21 bits per heavy atom. The van der Waals surface area contributed by atoms with Gasteiger partial charge in [-0.2, -0.15) is 0 Å². The summed E-state index contributed by atoms with van der Waals surface area (Å²) in [7, 11) is 0. The van der Waals surface area contributed by atoms with E-state index in [0.717, 1.165) is 25.7 Å². The first-order chi connectivity index (χ1) is 11.5. The zero-order valence-electron chi connectivity index (χ0n) is 14.6. The number of nitrogens with zero attached hydrogens (tertiary/aromatic N) is 1. The molecular formula is C18H28N2O4. The molecule has 2 aliphatic carbocycles. The van der Waals surface area contributed by atoms with E-state index in [1.807, 2.05) is 4.90 Å². The summed E-state index contributed by atoms with van der Waals surface area (Å²) in [5.41, 5.74) is 0. The van der Waals surface area contributed by atoms with E-state index in [1.54, 1.807) is 0 Å². The Labute approximate surface area is 143 Å². The van der Waals surface area contributed by atoms with Gasteiger partial charge in [-0.15, -0.1) is 0 Å². The van der Waals surface area contributed by atoms with Gasteiger partial charge in [0.15, 0.2) is 6.61 Å². The number of esters is 1. The van der Waals surface area contributed by atoms with Crippen LogP contribution in [-0.2, 0) is 19.1 Å². The summed E-state index contributed by atoms with van der Waals surface area (Å²) in [6, 6.07) is 0.492. The normalized spacial score (nSPS) is 33.4. The highest BCUT2D eigenvalue weighted by atomic mass is 16.5. The molecule has 3 fully saturated rings. The Morgan fingerprint density at radius 3 is 2.67 bits per heavy atom. The summed E-state index contributed by atoms with van der Waals surface area (Å²) >= 11 is 0. The SMILES string of the molecule is C[C@H]1[C@H](N2C[C@H](C(=O)OCC(=O)NC3CC3)CC2=O)CCC[C@@H]1C. The van der Waals surface area contributed by atoms with E-state index in [-0.39, 0.29) is 36.9 Å². The maximum absolute atomic E-state index is 12.4. The van der Waals surface area contributed by atoms with Crippen molar-refractivity contribution in [2.45, 2.75) is 64.5 Å². The summed E-state index contributed by atoms with van der Waals surface area (Å²) in [6.07, 6.45) is 5.58. The lowest BCUT2D eigenvalue weighted by Crippen LogP contribution is -2.45. The minimum absolute atomic E-state index is 0.0466. The third kappa shape index (κ3) is 3.90. The number of rotatable bonds is 5. The number of likely N-dealkylation sites (tertiary alicyclic amines) is 1. The number of nitrogens with one attached hydrogen (secondary N) is 1. The standard InChI is InChI=1S/C18H28N2O4/c1-11-4-3-5-15(12(11)2)20-9-13(8-17(20)22)18(23)24-10-16(21)19-14-6-7-14/h11-15H,3-10H2,1-2H3,(H,19,21)/t11-,12+,13+,15+/m0/s1. The van der Waals surface area contributed by atoms with Crippen LogP contribution >= 0.6 is 0 Å². The number of amides is 2. The number of carbonyl (C=O) groups excluding carboxylic acids is 3. The van der Waals surface area contributed by atoms with Crippen LogP contribution in [0.5, 0.6) is 0 Å². The lowest BCUT2D eigenvalue weighted by Gasteiger charge is -2.39.